The highest BCUT2D eigenvalue weighted by Gasteiger charge is 2.13. The summed E-state index contributed by atoms with van der Waals surface area (Å²) in [6, 6.07) is 7.26. The number of fused-ring (bicyclic) bond motifs is 1. The van der Waals surface area contributed by atoms with E-state index in [-0.39, 0.29) is 5.28 Å². The Kier molecular flexibility index (Phi) is 2.92. The highest BCUT2D eigenvalue weighted by atomic mass is 35.5. The van der Waals surface area contributed by atoms with Crippen LogP contribution in [-0.4, -0.2) is 27.0 Å². The van der Waals surface area contributed by atoms with E-state index in [2.05, 4.69) is 19.9 Å². The van der Waals surface area contributed by atoms with Crippen molar-refractivity contribution in [3.05, 3.63) is 35.9 Å². The van der Waals surface area contributed by atoms with Gasteiger partial charge in [-0.3, -0.25) is 0 Å². The number of hydrogen-bond donors (Lipinski definition) is 1. The van der Waals surface area contributed by atoms with Gasteiger partial charge >= 0.3 is 0 Å². The van der Waals surface area contributed by atoms with Gasteiger partial charge in [-0.25, -0.2) is 4.98 Å². The summed E-state index contributed by atoms with van der Waals surface area (Å²) in [4.78, 5) is 15.0. The molecule has 6 nitrogen and oxygen atoms in total. The van der Waals surface area contributed by atoms with Gasteiger partial charge in [-0.1, -0.05) is 12.1 Å². The molecular formula is C12H9ClN4O2. The van der Waals surface area contributed by atoms with Gasteiger partial charge in [-0.05, 0) is 23.7 Å². The first kappa shape index (κ1) is 11.7. The van der Waals surface area contributed by atoms with Gasteiger partial charge in [0.25, 0.3) is 0 Å². The number of nitrogens with zero attached hydrogens (tertiary/aromatic N) is 3. The van der Waals surface area contributed by atoms with Crippen molar-refractivity contribution in [2.45, 2.75) is 0 Å². The van der Waals surface area contributed by atoms with Gasteiger partial charge in [0.2, 0.25) is 11.2 Å². The smallest absolute Gasteiger partial charge is 0.250 e. The molecule has 96 valence electrons. The summed E-state index contributed by atoms with van der Waals surface area (Å²) in [6.07, 6.45) is 1.50. The van der Waals surface area contributed by atoms with Crippen molar-refractivity contribution in [2.24, 2.45) is 0 Å². The van der Waals surface area contributed by atoms with Crippen molar-refractivity contribution in [3.63, 3.8) is 0 Å². The Morgan fingerprint density at radius 2 is 1.95 bits per heavy atom. The summed E-state index contributed by atoms with van der Waals surface area (Å²) in [5.41, 5.74) is 1.03. The van der Waals surface area contributed by atoms with Crippen LogP contribution in [0.2, 0.25) is 5.28 Å². The van der Waals surface area contributed by atoms with Crippen molar-refractivity contribution in [2.75, 3.05) is 7.11 Å². The Morgan fingerprint density at radius 1 is 1.16 bits per heavy atom. The monoisotopic (exact) mass is 276 g/mol. The van der Waals surface area contributed by atoms with Crippen LogP contribution in [0, 0.1) is 0 Å². The van der Waals surface area contributed by atoms with Gasteiger partial charge in [0.05, 0.1) is 13.4 Å². The lowest BCUT2D eigenvalue weighted by molar-refractivity contribution is 0.375. The Balaban J connectivity index is 2.07. The van der Waals surface area contributed by atoms with Gasteiger partial charge in [-0.15, -0.1) is 0 Å². The molecule has 0 radical (unpaired) electrons. The van der Waals surface area contributed by atoms with Gasteiger partial charge in [0.15, 0.2) is 17.1 Å². The van der Waals surface area contributed by atoms with E-state index in [1.165, 1.54) is 6.33 Å². The minimum atomic E-state index is 0.0736. The molecule has 0 spiro atoms. The van der Waals surface area contributed by atoms with Crippen molar-refractivity contribution in [3.8, 4) is 17.4 Å². The molecule has 0 saturated heterocycles. The molecule has 2 heterocycles. The van der Waals surface area contributed by atoms with Crippen LogP contribution in [0.25, 0.3) is 11.2 Å². The maximum atomic E-state index is 5.83. The number of rotatable bonds is 3. The van der Waals surface area contributed by atoms with E-state index in [0.717, 1.165) is 0 Å². The molecule has 0 unspecified atom stereocenters. The van der Waals surface area contributed by atoms with Crippen LogP contribution in [-0.2, 0) is 0 Å². The maximum Gasteiger partial charge on any atom is 0.250 e. The number of H-pyrrole nitrogens is 1. The summed E-state index contributed by atoms with van der Waals surface area (Å²) in [7, 11) is 1.57. The number of aromatic nitrogens is 4. The highest BCUT2D eigenvalue weighted by Crippen LogP contribution is 2.32. The first-order chi connectivity index (χ1) is 9.28. The number of nitrogens with one attached hydrogen (secondary N) is 1. The van der Waals surface area contributed by atoms with E-state index in [9.17, 15) is 0 Å². The molecule has 3 aromatic rings. The lowest BCUT2D eigenvalue weighted by Crippen LogP contribution is -1.94. The third-order valence-corrected chi connectivity index (χ3v) is 2.67. The zero-order chi connectivity index (χ0) is 13.2. The Morgan fingerprint density at radius 3 is 2.74 bits per heavy atom. The molecule has 19 heavy (non-hydrogen) atoms. The number of benzene rings is 1. The first-order valence-corrected chi connectivity index (χ1v) is 5.83. The Bertz CT molecular complexity index is 729. The molecule has 0 amide bonds. The predicted molar refractivity (Wildman–Crippen MR) is 69.8 cm³/mol. The third kappa shape index (κ3) is 2.17. The molecule has 1 N–H and O–H groups in total. The summed E-state index contributed by atoms with van der Waals surface area (Å²) in [5, 5.41) is 0.0736. The average molecular weight is 277 g/mol. The van der Waals surface area contributed by atoms with Crippen molar-refractivity contribution in [1.29, 1.82) is 0 Å². The normalized spacial score (nSPS) is 10.6. The first-order valence-electron chi connectivity index (χ1n) is 5.45. The summed E-state index contributed by atoms with van der Waals surface area (Å²) in [5.74, 6) is 1.44. The summed E-state index contributed by atoms with van der Waals surface area (Å²) >= 11 is 5.83. The van der Waals surface area contributed by atoms with Crippen molar-refractivity contribution >= 4 is 22.8 Å². The van der Waals surface area contributed by atoms with Crippen LogP contribution in [0.5, 0.6) is 17.4 Å². The van der Waals surface area contributed by atoms with Crippen LogP contribution in [0.4, 0.5) is 0 Å². The lowest BCUT2D eigenvalue weighted by atomic mass is 10.3. The average Bonchev–Trinajstić information content (AvgIpc) is 2.87. The van der Waals surface area contributed by atoms with E-state index in [1.54, 1.807) is 19.2 Å². The number of ether oxygens (including phenoxy) is 2. The van der Waals surface area contributed by atoms with Gasteiger partial charge < -0.3 is 14.5 Å². The van der Waals surface area contributed by atoms with Crippen molar-refractivity contribution < 1.29 is 9.47 Å². The lowest BCUT2D eigenvalue weighted by Gasteiger charge is -2.09. The molecule has 0 bridgehead atoms. The predicted octanol–water partition coefficient (Wildman–Crippen LogP) is 2.81. The zero-order valence-corrected chi connectivity index (χ0v) is 10.7. The molecular weight excluding hydrogens is 268 g/mol. The number of halogens is 1. The number of imidazole rings is 1. The van der Waals surface area contributed by atoms with Crippen LogP contribution in [0.1, 0.15) is 0 Å². The van der Waals surface area contributed by atoms with Gasteiger partial charge in [0.1, 0.15) is 5.52 Å². The number of aromatic amines is 1. The molecule has 3 rings (SSSR count). The quantitative estimate of drug-likeness (QED) is 0.745. The fraction of sp³-hybridized carbons (Fsp3) is 0.0833. The molecule has 0 aliphatic rings. The van der Waals surface area contributed by atoms with Crippen LogP contribution in [0.15, 0.2) is 30.6 Å². The van der Waals surface area contributed by atoms with Gasteiger partial charge in [-0.2, -0.15) is 9.97 Å². The van der Waals surface area contributed by atoms with E-state index < -0.39 is 0 Å². The highest BCUT2D eigenvalue weighted by molar-refractivity contribution is 6.28. The SMILES string of the molecule is COc1ccccc1Oc1nc(Cl)nc2nc[nH]c12. The van der Waals surface area contributed by atoms with E-state index in [4.69, 9.17) is 21.1 Å². The molecule has 7 heteroatoms. The molecule has 1 aromatic carbocycles. The zero-order valence-electron chi connectivity index (χ0n) is 9.92. The fourth-order valence-corrected chi connectivity index (χ4v) is 1.82. The Hall–Kier alpha value is -2.34. The second-order valence-electron chi connectivity index (χ2n) is 3.65. The van der Waals surface area contributed by atoms with Crippen LogP contribution >= 0.6 is 11.6 Å². The fourth-order valence-electron chi connectivity index (χ4n) is 1.66. The second-order valence-corrected chi connectivity index (χ2v) is 3.99. The number of hydrogen-bond acceptors (Lipinski definition) is 5. The number of methoxy groups -OCH3 is 1. The molecule has 0 aliphatic heterocycles. The minimum Gasteiger partial charge on any atom is -0.493 e. The molecule has 0 saturated carbocycles. The molecule has 0 fully saturated rings. The Labute approximate surface area is 113 Å². The van der Waals surface area contributed by atoms with E-state index in [1.807, 2.05) is 12.1 Å². The third-order valence-electron chi connectivity index (χ3n) is 2.50. The van der Waals surface area contributed by atoms with Crippen LogP contribution < -0.4 is 9.47 Å². The topological polar surface area (TPSA) is 72.9 Å². The maximum absolute atomic E-state index is 5.83. The second kappa shape index (κ2) is 4.74. The van der Waals surface area contributed by atoms with Gasteiger partial charge in [0, 0.05) is 0 Å². The standard InChI is InChI=1S/C12H9ClN4O2/c1-18-7-4-2-3-5-8(7)19-11-9-10(15-6-14-9)16-12(13)17-11/h2-6H,1H3,(H,14,15,16,17). The minimum absolute atomic E-state index is 0.0736. The summed E-state index contributed by atoms with van der Waals surface area (Å²) < 4.78 is 10.9. The van der Waals surface area contributed by atoms with Crippen LogP contribution in [0.3, 0.4) is 0 Å². The summed E-state index contributed by atoms with van der Waals surface area (Å²) in [6.45, 7) is 0. The van der Waals surface area contributed by atoms with E-state index >= 15 is 0 Å². The molecule has 0 aliphatic carbocycles. The molecule has 0 atom stereocenters. The number of para-hydroxylation sites is 2. The van der Waals surface area contributed by atoms with Crippen molar-refractivity contribution in [1.82, 2.24) is 19.9 Å². The molecule has 2 aromatic heterocycles. The van der Waals surface area contributed by atoms with E-state index in [0.29, 0.717) is 28.5 Å². The largest absolute Gasteiger partial charge is 0.493 e.